The number of rotatable bonds is 2. The molecule has 152 valence electrons. The molecule has 0 bridgehead atoms. The molecular weight excluding hydrogens is 350 g/mol. The zero-order chi connectivity index (χ0) is 19.7. The van der Waals surface area contributed by atoms with Gasteiger partial charge < -0.3 is 9.80 Å². The number of fused-ring (bicyclic) bond motifs is 1. The maximum atomic E-state index is 13.4. The van der Waals surface area contributed by atoms with Crippen molar-refractivity contribution in [1.29, 1.82) is 0 Å². The lowest BCUT2D eigenvalue weighted by atomic mass is 9.75. The molecule has 0 aromatic carbocycles. The summed E-state index contributed by atoms with van der Waals surface area (Å²) in [6.45, 7) is 6.95. The third-order valence-corrected chi connectivity index (χ3v) is 7.20. The molecule has 2 amide bonds. The normalized spacial score (nSPS) is 26.1. The molecule has 3 heterocycles. The number of carbonyl (C=O) groups excluding carboxylic acids is 2. The van der Waals surface area contributed by atoms with Crippen LogP contribution in [0.3, 0.4) is 0 Å². The molecule has 1 saturated carbocycles. The summed E-state index contributed by atoms with van der Waals surface area (Å²) in [4.78, 5) is 33.9. The molecule has 1 aromatic rings. The Morgan fingerprint density at radius 3 is 2.32 bits per heavy atom. The molecule has 5 heteroatoms. The van der Waals surface area contributed by atoms with Crippen LogP contribution in [0.5, 0.6) is 0 Å². The number of amides is 2. The first-order chi connectivity index (χ1) is 13.5. The standard InChI is InChI=1S/C23H33N3O2/c1-16-7-8-21(22(24-16)19-10-12-25(13-11-19)17(2)27)23(28)26-14-9-18-5-3-4-6-20(18)15-26/h7-8,18-20H,3-6,9-15H2,1-2H3. The van der Waals surface area contributed by atoms with Crippen molar-refractivity contribution < 1.29 is 9.59 Å². The summed E-state index contributed by atoms with van der Waals surface area (Å²) in [7, 11) is 0. The average molecular weight is 384 g/mol. The number of aromatic nitrogens is 1. The molecule has 2 saturated heterocycles. The molecule has 2 aliphatic heterocycles. The number of pyridine rings is 1. The second-order valence-corrected chi connectivity index (χ2v) is 9.01. The van der Waals surface area contributed by atoms with Gasteiger partial charge in [0, 0.05) is 44.7 Å². The Labute approximate surface area is 168 Å². The quantitative estimate of drug-likeness (QED) is 0.781. The van der Waals surface area contributed by atoms with Gasteiger partial charge in [0.25, 0.3) is 5.91 Å². The van der Waals surface area contributed by atoms with Gasteiger partial charge in [0.2, 0.25) is 5.91 Å². The van der Waals surface area contributed by atoms with Gasteiger partial charge in [-0.15, -0.1) is 0 Å². The lowest BCUT2D eigenvalue weighted by molar-refractivity contribution is -0.129. The second kappa shape index (κ2) is 8.22. The van der Waals surface area contributed by atoms with Gasteiger partial charge in [0.15, 0.2) is 0 Å². The van der Waals surface area contributed by atoms with Crippen molar-refractivity contribution in [2.45, 2.75) is 64.7 Å². The Kier molecular flexibility index (Phi) is 5.70. The first-order valence-corrected chi connectivity index (χ1v) is 11.0. The molecule has 3 fully saturated rings. The van der Waals surface area contributed by atoms with E-state index in [4.69, 9.17) is 4.98 Å². The minimum Gasteiger partial charge on any atom is -0.343 e. The fourth-order valence-electron chi connectivity index (χ4n) is 5.49. The number of carbonyl (C=O) groups is 2. The van der Waals surface area contributed by atoms with Crippen molar-refractivity contribution in [3.8, 4) is 0 Å². The number of nitrogens with zero attached hydrogens (tertiary/aromatic N) is 3. The molecule has 4 rings (SSSR count). The van der Waals surface area contributed by atoms with Gasteiger partial charge in [-0.2, -0.15) is 0 Å². The predicted molar refractivity (Wildman–Crippen MR) is 109 cm³/mol. The highest BCUT2D eigenvalue weighted by atomic mass is 16.2. The van der Waals surface area contributed by atoms with Crippen LogP contribution in [0.25, 0.3) is 0 Å². The van der Waals surface area contributed by atoms with Gasteiger partial charge in [0.1, 0.15) is 0 Å². The van der Waals surface area contributed by atoms with Crippen molar-refractivity contribution in [3.05, 3.63) is 29.1 Å². The Bertz CT molecular complexity index is 739. The summed E-state index contributed by atoms with van der Waals surface area (Å²) in [5, 5.41) is 0. The summed E-state index contributed by atoms with van der Waals surface area (Å²) in [6.07, 6.45) is 8.23. The zero-order valence-electron chi connectivity index (χ0n) is 17.3. The van der Waals surface area contributed by atoms with E-state index in [2.05, 4.69) is 4.90 Å². The van der Waals surface area contributed by atoms with Crippen molar-refractivity contribution >= 4 is 11.8 Å². The molecule has 0 spiro atoms. The molecule has 28 heavy (non-hydrogen) atoms. The lowest BCUT2D eigenvalue weighted by Crippen LogP contribution is -2.45. The zero-order valence-corrected chi connectivity index (χ0v) is 17.3. The fourth-order valence-corrected chi connectivity index (χ4v) is 5.49. The lowest BCUT2D eigenvalue weighted by Gasteiger charge is -2.41. The summed E-state index contributed by atoms with van der Waals surface area (Å²) in [5.74, 6) is 2.08. The molecular formula is C23H33N3O2. The molecule has 5 nitrogen and oxygen atoms in total. The van der Waals surface area contributed by atoms with Gasteiger partial charge in [-0.25, -0.2) is 0 Å². The summed E-state index contributed by atoms with van der Waals surface area (Å²) >= 11 is 0. The third kappa shape index (κ3) is 3.94. The van der Waals surface area contributed by atoms with E-state index in [0.717, 1.165) is 68.3 Å². The molecule has 1 aromatic heterocycles. The predicted octanol–water partition coefficient (Wildman–Crippen LogP) is 3.77. The van der Waals surface area contributed by atoms with E-state index in [9.17, 15) is 9.59 Å². The topological polar surface area (TPSA) is 53.5 Å². The Morgan fingerprint density at radius 1 is 0.929 bits per heavy atom. The highest BCUT2D eigenvalue weighted by Gasteiger charge is 2.35. The van der Waals surface area contributed by atoms with Gasteiger partial charge in [-0.1, -0.05) is 19.3 Å². The smallest absolute Gasteiger partial charge is 0.255 e. The largest absolute Gasteiger partial charge is 0.343 e. The first-order valence-electron chi connectivity index (χ1n) is 11.0. The van der Waals surface area contributed by atoms with Crippen molar-refractivity contribution in [2.24, 2.45) is 11.8 Å². The van der Waals surface area contributed by atoms with Crippen LogP contribution >= 0.6 is 0 Å². The summed E-state index contributed by atoms with van der Waals surface area (Å²) in [6, 6.07) is 3.96. The Hall–Kier alpha value is -1.91. The fraction of sp³-hybridized carbons (Fsp3) is 0.696. The first kappa shape index (κ1) is 19.4. The summed E-state index contributed by atoms with van der Waals surface area (Å²) in [5.41, 5.74) is 2.71. The molecule has 0 N–H and O–H groups in total. The SMILES string of the molecule is CC(=O)N1CCC(c2nc(C)ccc2C(=O)N2CCC3CCCCC3C2)CC1. The van der Waals surface area contributed by atoms with Crippen molar-refractivity contribution in [2.75, 3.05) is 26.2 Å². The van der Waals surface area contributed by atoms with Crippen LogP contribution in [-0.2, 0) is 4.79 Å². The van der Waals surface area contributed by atoms with E-state index in [-0.39, 0.29) is 17.7 Å². The van der Waals surface area contributed by atoms with E-state index < -0.39 is 0 Å². The molecule has 1 aliphatic carbocycles. The van der Waals surface area contributed by atoms with Crippen molar-refractivity contribution in [1.82, 2.24) is 14.8 Å². The van der Waals surface area contributed by atoms with Gasteiger partial charge in [-0.05, 0) is 56.6 Å². The number of piperidine rings is 2. The monoisotopic (exact) mass is 383 g/mol. The highest BCUT2D eigenvalue weighted by Crippen LogP contribution is 2.37. The molecule has 2 atom stereocenters. The molecule has 0 radical (unpaired) electrons. The number of aryl methyl sites for hydroxylation is 1. The molecule has 2 unspecified atom stereocenters. The van der Waals surface area contributed by atoms with Crippen LogP contribution < -0.4 is 0 Å². The van der Waals surface area contributed by atoms with Crippen LogP contribution in [0.15, 0.2) is 12.1 Å². The van der Waals surface area contributed by atoms with Crippen LogP contribution in [0.4, 0.5) is 0 Å². The number of hydrogen-bond acceptors (Lipinski definition) is 3. The van der Waals surface area contributed by atoms with Gasteiger partial charge >= 0.3 is 0 Å². The maximum Gasteiger partial charge on any atom is 0.255 e. The van der Waals surface area contributed by atoms with E-state index in [1.165, 1.54) is 25.7 Å². The minimum absolute atomic E-state index is 0.141. The van der Waals surface area contributed by atoms with Gasteiger partial charge in [-0.3, -0.25) is 14.6 Å². The minimum atomic E-state index is 0.141. The van der Waals surface area contributed by atoms with Crippen LogP contribution in [0, 0.1) is 18.8 Å². The van der Waals surface area contributed by atoms with Gasteiger partial charge in [0.05, 0.1) is 11.3 Å². The maximum absolute atomic E-state index is 13.4. The number of hydrogen-bond donors (Lipinski definition) is 0. The van der Waals surface area contributed by atoms with E-state index in [1.807, 2.05) is 24.0 Å². The average Bonchev–Trinajstić information content (AvgIpc) is 2.73. The summed E-state index contributed by atoms with van der Waals surface area (Å²) < 4.78 is 0. The van der Waals surface area contributed by atoms with E-state index in [1.54, 1.807) is 6.92 Å². The third-order valence-electron chi connectivity index (χ3n) is 7.20. The van der Waals surface area contributed by atoms with Crippen LogP contribution in [-0.4, -0.2) is 52.8 Å². The Balaban J connectivity index is 1.51. The van der Waals surface area contributed by atoms with E-state index >= 15 is 0 Å². The Morgan fingerprint density at radius 2 is 1.61 bits per heavy atom. The van der Waals surface area contributed by atoms with Crippen LogP contribution in [0.1, 0.15) is 79.5 Å². The molecule has 3 aliphatic rings. The second-order valence-electron chi connectivity index (χ2n) is 9.01. The highest BCUT2D eigenvalue weighted by molar-refractivity contribution is 5.95. The number of likely N-dealkylation sites (tertiary alicyclic amines) is 2. The van der Waals surface area contributed by atoms with E-state index in [0.29, 0.717) is 5.92 Å². The van der Waals surface area contributed by atoms with Crippen LogP contribution in [0.2, 0.25) is 0 Å². The van der Waals surface area contributed by atoms with Crippen molar-refractivity contribution in [3.63, 3.8) is 0 Å².